The van der Waals surface area contributed by atoms with E-state index in [9.17, 15) is 15.0 Å². The molecule has 2 unspecified atom stereocenters. The fourth-order valence-corrected chi connectivity index (χ4v) is 1.50. The number of hydrogen-bond acceptors (Lipinski definition) is 4. The lowest BCUT2D eigenvalue weighted by atomic mass is 10.1. The molecular formula is C13H24O4. The summed E-state index contributed by atoms with van der Waals surface area (Å²) in [6.07, 6.45) is 6.69. The third kappa shape index (κ3) is 10.0. The van der Waals surface area contributed by atoms with Crippen molar-refractivity contribution in [3.05, 3.63) is 12.2 Å². The van der Waals surface area contributed by atoms with Gasteiger partial charge in [-0.2, -0.15) is 0 Å². The lowest BCUT2D eigenvalue weighted by Gasteiger charge is -2.07. The van der Waals surface area contributed by atoms with Crippen molar-refractivity contribution in [3.8, 4) is 0 Å². The van der Waals surface area contributed by atoms with E-state index in [4.69, 9.17) is 0 Å². The van der Waals surface area contributed by atoms with Crippen LogP contribution in [0.5, 0.6) is 0 Å². The fraction of sp³-hybridized carbons (Fsp3) is 0.769. The van der Waals surface area contributed by atoms with Gasteiger partial charge in [0.1, 0.15) is 0 Å². The van der Waals surface area contributed by atoms with Crippen molar-refractivity contribution in [2.45, 2.75) is 57.7 Å². The number of aliphatic hydroxyl groups is 2. The molecule has 0 aromatic heterocycles. The van der Waals surface area contributed by atoms with Crippen molar-refractivity contribution in [1.29, 1.82) is 0 Å². The summed E-state index contributed by atoms with van der Waals surface area (Å²) < 4.78 is 4.45. The molecule has 0 spiro atoms. The van der Waals surface area contributed by atoms with Crippen molar-refractivity contribution in [1.82, 2.24) is 0 Å². The van der Waals surface area contributed by atoms with E-state index in [-0.39, 0.29) is 12.5 Å². The third-order valence-electron chi connectivity index (χ3n) is 2.49. The Morgan fingerprint density at radius 2 is 1.94 bits per heavy atom. The molecule has 2 atom stereocenters. The molecule has 0 radical (unpaired) electrons. The van der Waals surface area contributed by atoms with Crippen LogP contribution in [0.4, 0.5) is 0 Å². The first kappa shape index (κ1) is 16.1. The molecule has 0 aliphatic rings. The zero-order valence-corrected chi connectivity index (χ0v) is 10.8. The predicted octanol–water partition coefficient (Wildman–Crippen LogP) is 1.80. The maximum atomic E-state index is 10.8. The Morgan fingerprint density at radius 3 is 2.53 bits per heavy atom. The van der Waals surface area contributed by atoms with Gasteiger partial charge in [-0.3, -0.25) is 4.79 Å². The number of esters is 1. The van der Waals surface area contributed by atoms with Crippen molar-refractivity contribution < 1.29 is 19.7 Å². The number of carbonyl (C=O) groups is 1. The monoisotopic (exact) mass is 244 g/mol. The van der Waals surface area contributed by atoms with E-state index in [0.717, 1.165) is 25.7 Å². The van der Waals surface area contributed by atoms with Gasteiger partial charge in [0.05, 0.1) is 25.7 Å². The van der Waals surface area contributed by atoms with Gasteiger partial charge in [0.2, 0.25) is 0 Å². The minimum Gasteiger partial charge on any atom is -0.469 e. The van der Waals surface area contributed by atoms with Gasteiger partial charge in [0.25, 0.3) is 0 Å². The molecule has 4 nitrogen and oxygen atoms in total. The number of allylic oxidation sites excluding steroid dienone is 1. The summed E-state index contributed by atoms with van der Waals surface area (Å²) in [6, 6.07) is 0. The lowest BCUT2D eigenvalue weighted by molar-refractivity contribution is -0.142. The minimum absolute atomic E-state index is 0.0271. The van der Waals surface area contributed by atoms with Crippen molar-refractivity contribution in [2.75, 3.05) is 7.11 Å². The molecule has 100 valence electrons. The van der Waals surface area contributed by atoms with E-state index in [1.165, 1.54) is 7.11 Å². The first-order valence-corrected chi connectivity index (χ1v) is 6.18. The van der Waals surface area contributed by atoms with Crippen LogP contribution in [0, 0.1) is 0 Å². The molecule has 17 heavy (non-hydrogen) atoms. The molecule has 0 heterocycles. The second kappa shape index (κ2) is 10.3. The molecule has 0 aromatic rings. The Hall–Kier alpha value is -0.870. The third-order valence-corrected chi connectivity index (χ3v) is 2.49. The number of rotatable bonds is 9. The molecule has 0 amide bonds. The highest BCUT2D eigenvalue weighted by molar-refractivity contribution is 5.69. The molecular weight excluding hydrogens is 220 g/mol. The van der Waals surface area contributed by atoms with E-state index in [1.807, 2.05) is 19.1 Å². The zero-order valence-electron chi connectivity index (χ0n) is 10.8. The summed E-state index contributed by atoms with van der Waals surface area (Å²) in [5.74, 6) is -0.399. The van der Waals surface area contributed by atoms with Crippen LogP contribution in [-0.2, 0) is 9.53 Å². The topological polar surface area (TPSA) is 66.8 Å². The first-order chi connectivity index (χ1) is 8.10. The minimum atomic E-state index is -0.681. The molecule has 0 aliphatic carbocycles. The fourth-order valence-electron chi connectivity index (χ4n) is 1.50. The molecule has 0 saturated carbocycles. The molecule has 2 N–H and O–H groups in total. The van der Waals surface area contributed by atoms with E-state index in [0.29, 0.717) is 6.42 Å². The average Bonchev–Trinajstić information content (AvgIpc) is 2.28. The SMILES string of the molecule is CCCC(O)CC/C=C\CC(O)CC(=O)OC. The van der Waals surface area contributed by atoms with Gasteiger partial charge < -0.3 is 14.9 Å². The standard InChI is InChI=1S/C13H24O4/c1-3-7-11(14)8-5-4-6-9-12(15)10-13(16)17-2/h4,6,11-12,14-15H,3,5,7-10H2,1-2H3/b6-4-. The Morgan fingerprint density at radius 1 is 1.24 bits per heavy atom. The normalized spacial score (nSPS) is 14.8. The van der Waals surface area contributed by atoms with Gasteiger partial charge in [-0.25, -0.2) is 0 Å². The number of ether oxygens (including phenoxy) is 1. The summed E-state index contributed by atoms with van der Waals surface area (Å²) in [5.41, 5.74) is 0. The van der Waals surface area contributed by atoms with Crippen LogP contribution >= 0.6 is 0 Å². The van der Waals surface area contributed by atoms with E-state index in [2.05, 4.69) is 4.74 Å². The molecule has 4 heteroatoms. The van der Waals surface area contributed by atoms with Gasteiger partial charge in [0.15, 0.2) is 0 Å². The molecule has 0 rings (SSSR count). The average molecular weight is 244 g/mol. The van der Waals surface area contributed by atoms with Crippen LogP contribution in [0.1, 0.15) is 45.4 Å². The molecule has 0 saturated heterocycles. The van der Waals surface area contributed by atoms with Crippen LogP contribution in [0.15, 0.2) is 12.2 Å². The van der Waals surface area contributed by atoms with Crippen LogP contribution in [0.2, 0.25) is 0 Å². The molecule has 0 aromatic carbocycles. The summed E-state index contributed by atoms with van der Waals surface area (Å²) in [6.45, 7) is 2.04. The molecule has 0 fully saturated rings. The van der Waals surface area contributed by atoms with Gasteiger partial charge in [-0.05, 0) is 25.7 Å². The zero-order chi connectivity index (χ0) is 13.1. The van der Waals surface area contributed by atoms with Gasteiger partial charge in [-0.15, -0.1) is 0 Å². The van der Waals surface area contributed by atoms with E-state index < -0.39 is 12.1 Å². The van der Waals surface area contributed by atoms with Gasteiger partial charge >= 0.3 is 5.97 Å². The summed E-state index contributed by atoms with van der Waals surface area (Å²) in [4.78, 5) is 10.8. The summed E-state index contributed by atoms with van der Waals surface area (Å²) in [7, 11) is 1.31. The smallest absolute Gasteiger partial charge is 0.308 e. The predicted molar refractivity (Wildman–Crippen MR) is 66.5 cm³/mol. The summed E-state index contributed by atoms with van der Waals surface area (Å²) in [5, 5.41) is 18.9. The molecule has 0 bridgehead atoms. The number of hydrogen-bond donors (Lipinski definition) is 2. The lowest BCUT2D eigenvalue weighted by Crippen LogP contribution is -2.13. The number of aliphatic hydroxyl groups excluding tert-OH is 2. The van der Waals surface area contributed by atoms with Crippen molar-refractivity contribution >= 4 is 5.97 Å². The number of methoxy groups -OCH3 is 1. The second-order valence-corrected chi connectivity index (χ2v) is 4.16. The Kier molecular flexibility index (Phi) is 9.77. The first-order valence-electron chi connectivity index (χ1n) is 6.18. The van der Waals surface area contributed by atoms with Crippen LogP contribution in [0.3, 0.4) is 0 Å². The second-order valence-electron chi connectivity index (χ2n) is 4.16. The van der Waals surface area contributed by atoms with Gasteiger partial charge in [-0.1, -0.05) is 25.5 Å². The van der Waals surface area contributed by atoms with Crippen molar-refractivity contribution in [3.63, 3.8) is 0 Å². The van der Waals surface area contributed by atoms with Crippen LogP contribution in [0.25, 0.3) is 0 Å². The highest BCUT2D eigenvalue weighted by Crippen LogP contribution is 2.06. The highest BCUT2D eigenvalue weighted by atomic mass is 16.5. The largest absolute Gasteiger partial charge is 0.469 e. The van der Waals surface area contributed by atoms with E-state index in [1.54, 1.807) is 0 Å². The Bertz CT molecular complexity index is 225. The number of carbonyl (C=O) groups excluding carboxylic acids is 1. The Balaban J connectivity index is 3.56. The Labute approximate surface area is 103 Å². The van der Waals surface area contributed by atoms with Crippen molar-refractivity contribution in [2.24, 2.45) is 0 Å². The van der Waals surface area contributed by atoms with Crippen LogP contribution in [-0.4, -0.2) is 35.5 Å². The maximum absolute atomic E-state index is 10.8. The maximum Gasteiger partial charge on any atom is 0.308 e. The van der Waals surface area contributed by atoms with E-state index >= 15 is 0 Å². The van der Waals surface area contributed by atoms with Crippen LogP contribution < -0.4 is 0 Å². The summed E-state index contributed by atoms with van der Waals surface area (Å²) >= 11 is 0. The van der Waals surface area contributed by atoms with Gasteiger partial charge in [0, 0.05) is 0 Å². The molecule has 0 aliphatic heterocycles. The highest BCUT2D eigenvalue weighted by Gasteiger charge is 2.08. The quantitative estimate of drug-likeness (QED) is 0.479.